The molecule has 1 heterocycles. The molecule has 0 aliphatic rings. The standard InChI is InChI=1S/C80H58N2OSi2/c1-7-27-69(28-8-1)84(70-29-9-2-10-30-70,71-31-11-3-12-32-71)75-49-43-63(44-50-75)81(65-41-39-59-23-19-21-25-61(59)55-65)67-47-53-77-78-54-48-68(58-80(78)83-79(77)57-67)82(66-42-40-60-24-20-22-26-62(60)56-66)64-45-51-76(52-46-64)85(72-33-13-4-14-34-72,73-35-15-5-16-36-73)74-37-17-6-18-38-74/h1-58H. The first-order valence-corrected chi connectivity index (χ1v) is 33.2. The number of hydrogen-bond donors (Lipinski definition) is 0. The first kappa shape index (κ1) is 51.3. The molecule has 0 N–H and O–H groups in total. The van der Waals surface area contributed by atoms with E-state index in [0.29, 0.717) is 0 Å². The second-order valence-corrected chi connectivity index (χ2v) is 29.6. The zero-order chi connectivity index (χ0) is 56.6. The quantitative estimate of drug-likeness (QED) is 0.0799. The van der Waals surface area contributed by atoms with E-state index >= 15 is 0 Å². The van der Waals surface area contributed by atoms with E-state index in [1.54, 1.807) is 0 Å². The third-order valence-electron chi connectivity index (χ3n) is 17.3. The number of furan rings is 1. The molecule has 402 valence electrons. The fraction of sp³-hybridized carbons (Fsp3) is 0. The molecule has 0 fully saturated rings. The fourth-order valence-corrected chi connectivity index (χ4v) is 22.9. The minimum absolute atomic E-state index is 0.821. The molecule has 15 rings (SSSR count). The van der Waals surface area contributed by atoms with Crippen LogP contribution < -0.4 is 51.3 Å². The van der Waals surface area contributed by atoms with Crippen LogP contribution in [0.3, 0.4) is 0 Å². The summed E-state index contributed by atoms with van der Waals surface area (Å²) in [6.45, 7) is 0. The smallest absolute Gasteiger partial charge is 0.179 e. The first-order valence-electron chi connectivity index (χ1n) is 29.2. The van der Waals surface area contributed by atoms with E-state index in [1.165, 1.54) is 63.0 Å². The first-order chi connectivity index (χ1) is 42.1. The van der Waals surface area contributed by atoms with Crippen LogP contribution in [0.1, 0.15) is 0 Å². The van der Waals surface area contributed by atoms with Gasteiger partial charge in [0.25, 0.3) is 0 Å². The fourth-order valence-electron chi connectivity index (χ4n) is 13.4. The molecule has 0 aliphatic carbocycles. The Morgan fingerprint density at radius 3 is 0.729 bits per heavy atom. The molecular formula is C80H58N2OSi2. The van der Waals surface area contributed by atoms with Crippen molar-refractivity contribution < 1.29 is 4.42 Å². The maximum absolute atomic E-state index is 7.10. The lowest BCUT2D eigenvalue weighted by Gasteiger charge is -2.35. The van der Waals surface area contributed by atoms with Crippen LogP contribution in [0.5, 0.6) is 0 Å². The topological polar surface area (TPSA) is 19.6 Å². The Hall–Kier alpha value is -10.6. The average molecular weight is 1120 g/mol. The molecule has 0 spiro atoms. The van der Waals surface area contributed by atoms with Crippen LogP contribution in [-0.2, 0) is 0 Å². The Balaban J connectivity index is 0.857. The van der Waals surface area contributed by atoms with Crippen molar-refractivity contribution in [3.8, 4) is 0 Å². The molecule has 5 heteroatoms. The number of anilines is 6. The molecule has 85 heavy (non-hydrogen) atoms. The van der Waals surface area contributed by atoms with Gasteiger partial charge in [0, 0.05) is 57.0 Å². The number of fused-ring (bicyclic) bond motifs is 5. The van der Waals surface area contributed by atoms with E-state index in [1.807, 2.05) is 0 Å². The highest BCUT2D eigenvalue weighted by molar-refractivity contribution is 7.20. The van der Waals surface area contributed by atoms with Crippen molar-refractivity contribution in [3.05, 3.63) is 352 Å². The van der Waals surface area contributed by atoms with Gasteiger partial charge in [0.2, 0.25) is 0 Å². The third kappa shape index (κ3) is 9.05. The molecule has 3 nitrogen and oxygen atoms in total. The van der Waals surface area contributed by atoms with Gasteiger partial charge in [-0.1, -0.05) is 267 Å². The lowest BCUT2D eigenvalue weighted by Crippen LogP contribution is -2.74. The molecule has 0 aliphatic heterocycles. The second kappa shape index (κ2) is 22.0. The molecule has 0 amide bonds. The molecule has 0 atom stereocenters. The third-order valence-corrected chi connectivity index (χ3v) is 26.9. The Kier molecular flexibility index (Phi) is 13.3. The summed E-state index contributed by atoms with van der Waals surface area (Å²) in [4.78, 5) is 4.75. The van der Waals surface area contributed by atoms with Gasteiger partial charge in [0.15, 0.2) is 16.1 Å². The predicted molar refractivity (Wildman–Crippen MR) is 365 cm³/mol. The minimum Gasteiger partial charge on any atom is -0.456 e. The molecule has 14 aromatic carbocycles. The molecular weight excluding hydrogens is 1060 g/mol. The van der Waals surface area contributed by atoms with Crippen molar-refractivity contribution in [2.24, 2.45) is 0 Å². The van der Waals surface area contributed by atoms with E-state index in [2.05, 4.69) is 362 Å². The highest BCUT2D eigenvalue weighted by Crippen LogP contribution is 2.42. The van der Waals surface area contributed by atoms with Gasteiger partial charge in [-0.25, -0.2) is 0 Å². The zero-order valence-electron chi connectivity index (χ0n) is 46.8. The van der Waals surface area contributed by atoms with Crippen molar-refractivity contribution in [2.45, 2.75) is 0 Å². The molecule has 0 unspecified atom stereocenters. The van der Waals surface area contributed by atoms with Crippen LogP contribution >= 0.6 is 0 Å². The molecule has 15 aromatic rings. The summed E-state index contributed by atoms with van der Waals surface area (Å²) in [5.74, 6) is 0. The maximum Gasteiger partial charge on any atom is 0.179 e. The summed E-state index contributed by atoms with van der Waals surface area (Å²) in [5.41, 5.74) is 7.90. The van der Waals surface area contributed by atoms with Crippen molar-refractivity contribution in [2.75, 3.05) is 9.80 Å². The Bertz CT molecular complexity index is 4310. The van der Waals surface area contributed by atoms with Gasteiger partial charge in [-0.2, -0.15) is 0 Å². The number of benzene rings is 14. The van der Waals surface area contributed by atoms with E-state index in [9.17, 15) is 0 Å². The van der Waals surface area contributed by atoms with Crippen LogP contribution in [0.2, 0.25) is 0 Å². The van der Waals surface area contributed by atoms with Crippen LogP contribution in [0.25, 0.3) is 43.5 Å². The Morgan fingerprint density at radius 2 is 0.424 bits per heavy atom. The monoisotopic (exact) mass is 1120 g/mol. The Morgan fingerprint density at radius 1 is 0.188 bits per heavy atom. The Labute approximate surface area is 498 Å². The second-order valence-electron chi connectivity index (χ2n) is 22.0. The van der Waals surface area contributed by atoms with Gasteiger partial charge < -0.3 is 14.2 Å². The van der Waals surface area contributed by atoms with Crippen molar-refractivity contribution >= 4 is 135 Å². The van der Waals surface area contributed by atoms with E-state index in [0.717, 1.165) is 56.1 Å². The van der Waals surface area contributed by atoms with Crippen LogP contribution in [0, 0.1) is 0 Å². The summed E-state index contributed by atoms with van der Waals surface area (Å²) in [5, 5.41) is 17.6. The number of hydrogen-bond acceptors (Lipinski definition) is 3. The van der Waals surface area contributed by atoms with Gasteiger partial charge in [0.05, 0.1) is 0 Å². The number of rotatable bonds is 14. The molecule has 0 saturated carbocycles. The largest absolute Gasteiger partial charge is 0.456 e. The van der Waals surface area contributed by atoms with E-state index in [4.69, 9.17) is 4.42 Å². The van der Waals surface area contributed by atoms with E-state index in [-0.39, 0.29) is 0 Å². The van der Waals surface area contributed by atoms with Gasteiger partial charge in [-0.15, -0.1) is 0 Å². The zero-order valence-corrected chi connectivity index (χ0v) is 48.8. The molecule has 0 radical (unpaired) electrons. The van der Waals surface area contributed by atoms with Gasteiger partial charge in [0.1, 0.15) is 11.2 Å². The summed E-state index contributed by atoms with van der Waals surface area (Å²) in [6, 6.07) is 130. The molecule has 0 bridgehead atoms. The lowest BCUT2D eigenvalue weighted by atomic mass is 10.1. The summed E-state index contributed by atoms with van der Waals surface area (Å²) >= 11 is 0. The van der Waals surface area contributed by atoms with Gasteiger partial charge >= 0.3 is 0 Å². The molecule has 0 saturated heterocycles. The normalized spacial score (nSPS) is 11.8. The lowest BCUT2D eigenvalue weighted by molar-refractivity contribution is 0.669. The highest BCUT2D eigenvalue weighted by atomic mass is 28.3. The van der Waals surface area contributed by atoms with Crippen LogP contribution in [0.15, 0.2) is 356 Å². The van der Waals surface area contributed by atoms with Crippen molar-refractivity contribution in [3.63, 3.8) is 0 Å². The number of nitrogens with zero attached hydrogens (tertiary/aromatic N) is 2. The average Bonchev–Trinajstić information content (AvgIpc) is 2.17. The maximum atomic E-state index is 7.10. The molecule has 1 aromatic heterocycles. The van der Waals surface area contributed by atoms with Gasteiger partial charge in [-0.05, 0) is 136 Å². The minimum atomic E-state index is -2.76. The summed E-state index contributed by atoms with van der Waals surface area (Å²) < 4.78 is 7.10. The summed E-state index contributed by atoms with van der Waals surface area (Å²) in [6.07, 6.45) is 0. The highest BCUT2D eigenvalue weighted by Gasteiger charge is 2.43. The predicted octanol–water partition coefficient (Wildman–Crippen LogP) is 15.6. The van der Waals surface area contributed by atoms with Crippen LogP contribution in [-0.4, -0.2) is 16.1 Å². The SMILES string of the molecule is c1ccc([Si](c2ccccc2)(c2ccccc2)c2ccc(N(c3ccc4ccccc4c3)c3ccc4c(c3)oc3cc(N(c5ccc([Si](c6ccccc6)(c6ccccc6)c6ccccc6)cc5)c5ccc6ccccc6c5)ccc34)cc2)cc1. The van der Waals surface area contributed by atoms with E-state index < -0.39 is 16.1 Å². The van der Waals surface area contributed by atoms with Crippen LogP contribution in [0.4, 0.5) is 34.1 Å². The van der Waals surface area contributed by atoms with Crippen molar-refractivity contribution in [1.29, 1.82) is 0 Å². The van der Waals surface area contributed by atoms with Crippen molar-refractivity contribution in [1.82, 2.24) is 0 Å². The van der Waals surface area contributed by atoms with Gasteiger partial charge in [-0.3, -0.25) is 0 Å². The summed E-state index contributed by atoms with van der Waals surface area (Å²) in [7, 11) is -5.52.